The van der Waals surface area contributed by atoms with Crippen molar-refractivity contribution in [1.29, 1.82) is 5.26 Å². The summed E-state index contributed by atoms with van der Waals surface area (Å²) in [5.41, 5.74) is 0.887. The van der Waals surface area contributed by atoms with E-state index in [9.17, 15) is 5.26 Å². The maximum absolute atomic E-state index is 15.2. The van der Waals surface area contributed by atoms with E-state index >= 15 is 26.3 Å². The van der Waals surface area contributed by atoms with Crippen LogP contribution in [0.15, 0.2) is 103 Å². The Hall–Kier alpha value is -9.97. The maximum atomic E-state index is 15.2. The van der Waals surface area contributed by atoms with Crippen LogP contribution in [0.25, 0.3) is 112 Å². The lowest BCUT2D eigenvalue weighted by atomic mass is 9.94. The summed E-state index contributed by atoms with van der Waals surface area (Å²) >= 11 is 0. The second-order valence-corrected chi connectivity index (χ2v) is 19.4. The summed E-state index contributed by atoms with van der Waals surface area (Å²) in [5.74, 6) is 5.31. The zero-order valence-electron chi connectivity index (χ0n) is 43.8. The van der Waals surface area contributed by atoms with Crippen molar-refractivity contribution in [3.8, 4) is 74.1 Å². The maximum Gasteiger partial charge on any atom is 0.416 e. The SMILES string of the molecule is Cc1nc(C)nc(-c2ccc3c(c2)c2cc(-c4nc(C)nc(C)n4)ccc2n3-c2cc(C#N)cc(-n3c4ccc(-c5nc(C)nc(C)n5)cc4c4cc(-c5nc(C)nc(C)n5)ccc43)c2-c2cc(C(F)(F)F)cc(C(F)(F)F)c2)n1. The molecule has 0 N–H and O–H groups in total. The van der Waals surface area contributed by atoms with Gasteiger partial charge >= 0.3 is 12.4 Å². The molecule has 80 heavy (non-hydrogen) atoms. The van der Waals surface area contributed by atoms with Crippen LogP contribution in [-0.2, 0) is 12.4 Å². The molecule has 0 bridgehead atoms. The van der Waals surface area contributed by atoms with Gasteiger partial charge in [-0.15, -0.1) is 0 Å². The molecule has 6 aromatic heterocycles. The van der Waals surface area contributed by atoms with Gasteiger partial charge in [0, 0.05) is 49.4 Å². The highest BCUT2D eigenvalue weighted by Crippen LogP contribution is 2.47. The number of nitrogens with zero attached hydrogens (tertiary/aromatic N) is 15. The minimum atomic E-state index is -5.23. The zero-order valence-corrected chi connectivity index (χ0v) is 43.8. The molecule has 15 nitrogen and oxygen atoms in total. The Kier molecular flexibility index (Phi) is 11.8. The zero-order chi connectivity index (χ0) is 56.3. The lowest BCUT2D eigenvalue weighted by Crippen LogP contribution is -2.12. The monoisotopic (exact) mass is 1070 g/mol. The van der Waals surface area contributed by atoms with Crippen LogP contribution in [0, 0.1) is 66.7 Å². The Balaban J connectivity index is 1.24. The predicted molar refractivity (Wildman–Crippen MR) is 288 cm³/mol. The minimum Gasteiger partial charge on any atom is -0.308 e. The van der Waals surface area contributed by atoms with Crippen LogP contribution in [-0.4, -0.2) is 68.9 Å². The van der Waals surface area contributed by atoms with E-state index in [1.165, 1.54) is 12.1 Å². The van der Waals surface area contributed by atoms with E-state index in [4.69, 9.17) is 0 Å². The molecule has 6 heterocycles. The molecule has 0 saturated carbocycles. The second kappa shape index (κ2) is 18.6. The molecule has 12 rings (SSSR count). The van der Waals surface area contributed by atoms with Crippen molar-refractivity contribution in [3.05, 3.63) is 166 Å². The van der Waals surface area contributed by atoms with Crippen molar-refractivity contribution in [1.82, 2.24) is 68.9 Å². The molecule has 0 aliphatic rings. The van der Waals surface area contributed by atoms with Crippen molar-refractivity contribution in [3.63, 3.8) is 0 Å². The fourth-order valence-corrected chi connectivity index (χ4v) is 10.5. The van der Waals surface area contributed by atoms with E-state index in [2.05, 4.69) is 65.9 Å². The summed E-state index contributed by atoms with van der Waals surface area (Å²) in [4.78, 5) is 54.4. The van der Waals surface area contributed by atoms with E-state index in [-0.39, 0.29) is 28.6 Å². The molecule has 0 saturated heterocycles. The fraction of sp³-hybridized carbons (Fsp3) is 0.169. The third-order valence-corrected chi connectivity index (χ3v) is 13.6. The van der Waals surface area contributed by atoms with Gasteiger partial charge in [-0.25, -0.2) is 59.8 Å². The highest BCUT2D eigenvalue weighted by atomic mass is 19.4. The topological polar surface area (TPSA) is 188 Å². The van der Waals surface area contributed by atoms with Crippen molar-refractivity contribution in [2.75, 3.05) is 0 Å². The lowest BCUT2D eigenvalue weighted by molar-refractivity contribution is -0.143. The van der Waals surface area contributed by atoms with E-state index in [0.29, 0.717) is 148 Å². The van der Waals surface area contributed by atoms with Crippen molar-refractivity contribution in [2.45, 2.75) is 67.7 Å². The number of rotatable bonds is 7. The normalized spacial score (nSPS) is 12.1. The number of benzene rings is 6. The summed E-state index contributed by atoms with van der Waals surface area (Å²) < 4.78 is 94.6. The highest BCUT2D eigenvalue weighted by molar-refractivity contribution is 6.14. The van der Waals surface area contributed by atoms with Crippen molar-refractivity contribution >= 4 is 43.6 Å². The molecule has 0 fully saturated rings. The van der Waals surface area contributed by atoms with E-state index in [1.54, 1.807) is 113 Å². The van der Waals surface area contributed by atoms with E-state index < -0.39 is 29.0 Å². The predicted octanol–water partition coefficient (Wildman–Crippen LogP) is 13.3. The summed E-state index contributed by atoms with van der Waals surface area (Å²) in [7, 11) is 0. The third kappa shape index (κ3) is 9.03. The largest absolute Gasteiger partial charge is 0.416 e. The van der Waals surface area contributed by atoms with Crippen LogP contribution in [0.3, 0.4) is 0 Å². The average molecular weight is 1070 g/mol. The standard InChI is InChI=1S/C59H41F6N15/c1-27-67-28(2)72-54(71-27)36-9-13-47-43(21-36)44-22-37(55-73-29(3)68-30(4)74-55)10-14-48(44)79(47)51-17-35(26-66)18-52(53(51)40-19-41(58(60,61)62)25-42(20-40)59(63,64)65)80-49-15-11-38(56-75-31(5)69-32(6)76-56)23-45(49)46-24-39(12-16-50(46)80)57-77-33(7)70-34(8)78-57/h9-25H,1-8H3. The first-order chi connectivity index (χ1) is 38.1. The number of hydrogen-bond donors (Lipinski definition) is 0. The van der Waals surface area contributed by atoms with Gasteiger partial charge in [0.15, 0.2) is 23.3 Å². The van der Waals surface area contributed by atoms with Gasteiger partial charge in [0.2, 0.25) is 0 Å². The molecular formula is C59H41F6N15. The van der Waals surface area contributed by atoms with Gasteiger partial charge in [0.1, 0.15) is 46.6 Å². The summed E-state index contributed by atoms with van der Waals surface area (Å²) in [6.45, 7) is 14.0. The molecule has 0 spiro atoms. The highest BCUT2D eigenvalue weighted by Gasteiger charge is 2.38. The third-order valence-electron chi connectivity index (χ3n) is 13.6. The number of aromatic nitrogens is 14. The molecule has 0 aliphatic carbocycles. The molecule has 0 unspecified atom stereocenters. The Morgan fingerprint density at radius 1 is 0.338 bits per heavy atom. The fourth-order valence-electron chi connectivity index (χ4n) is 10.5. The quantitative estimate of drug-likeness (QED) is 0.137. The van der Waals surface area contributed by atoms with Crippen LogP contribution >= 0.6 is 0 Å². The van der Waals surface area contributed by atoms with Gasteiger partial charge in [0.05, 0.1) is 56.2 Å². The summed E-state index contributed by atoms with van der Waals surface area (Å²) in [5, 5.41) is 13.5. The summed E-state index contributed by atoms with van der Waals surface area (Å²) in [6, 6.07) is 28.4. The van der Waals surface area contributed by atoms with Gasteiger partial charge < -0.3 is 9.13 Å². The molecule has 0 aliphatic heterocycles. The van der Waals surface area contributed by atoms with Crippen LogP contribution < -0.4 is 0 Å². The van der Waals surface area contributed by atoms with Gasteiger partial charge in [-0.1, -0.05) is 0 Å². The van der Waals surface area contributed by atoms with Crippen molar-refractivity contribution in [2.24, 2.45) is 0 Å². The van der Waals surface area contributed by atoms with Crippen LogP contribution in [0.4, 0.5) is 26.3 Å². The smallest absolute Gasteiger partial charge is 0.308 e. The number of fused-ring (bicyclic) bond motifs is 6. The van der Waals surface area contributed by atoms with Crippen molar-refractivity contribution < 1.29 is 26.3 Å². The molecule has 0 atom stereocenters. The molecule has 6 aromatic carbocycles. The summed E-state index contributed by atoms with van der Waals surface area (Å²) in [6.07, 6.45) is -10.5. The number of alkyl halides is 6. The van der Waals surface area contributed by atoms with Gasteiger partial charge in [0.25, 0.3) is 0 Å². The van der Waals surface area contributed by atoms with Gasteiger partial charge in [-0.2, -0.15) is 31.6 Å². The average Bonchev–Trinajstić information content (AvgIpc) is 4.07. The van der Waals surface area contributed by atoms with Crippen LogP contribution in [0.1, 0.15) is 63.3 Å². The van der Waals surface area contributed by atoms with E-state index in [1.807, 2.05) is 24.3 Å². The Labute approximate surface area is 450 Å². The van der Waals surface area contributed by atoms with Crippen LogP contribution in [0.2, 0.25) is 0 Å². The lowest BCUT2D eigenvalue weighted by Gasteiger charge is -2.22. The molecule has 12 aromatic rings. The Bertz CT molecular complexity index is 4070. The Morgan fingerprint density at radius 3 is 0.838 bits per heavy atom. The number of nitriles is 1. The first-order valence-corrected chi connectivity index (χ1v) is 24.9. The first-order valence-electron chi connectivity index (χ1n) is 24.9. The molecule has 21 heteroatoms. The van der Waals surface area contributed by atoms with Gasteiger partial charge in [-0.05, 0) is 164 Å². The molecule has 394 valence electrons. The molecular weight excluding hydrogens is 1030 g/mol. The Morgan fingerprint density at radius 2 is 0.600 bits per heavy atom. The minimum absolute atomic E-state index is 0.0350. The number of hydrogen-bond acceptors (Lipinski definition) is 13. The first kappa shape index (κ1) is 50.8. The number of aryl methyl sites for hydroxylation is 8. The van der Waals surface area contributed by atoms with Gasteiger partial charge in [-0.3, -0.25) is 0 Å². The second-order valence-electron chi connectivity index (χ2n) is 19.4. The van der Waals surface area contributed by atoms with E-state index in [0.717, 1.165) is 0 Å². The number of halogens is 6. The van der Waals surface area contributed by atoms with Crippen LogP contribution in [0.5, 0.6) is 0 Å². The molecule has 0 radical (unpaired) electrons. The molecule has 0 amide bonds.